The molecule has 0 radical (unpaired) electrons. The maximum absolute atomic E-state index is 12.3. The number of nitrogens with one attached hydrogen (secondary N) is 3. The Kier molecular flexibility index (Phi) is 4.77. The van der Waals surface area contributed by atoms with Gasteiger partial charge in [-0.05, 0) is 6.42 Å². The molecule has 0 aliphatic rings. The van der Waals surface area contributed by atoms with Crippen LogP contribution in [0.3, 0.4) is 0 Å². The Morgan fingerprint density at radius 2 is 2.29 bits per heavy atom. The molecule has 2 heterocycles. The van der Waals surface area contributed by atoms with E-state index in [9.17, 15) is 13.2 Å². The van der Waals surface area contributed by atoms with Crippen molar-refractivity contribution in [3.63, 3.8) is 0 Å². The predicted molar refractivity (Wildman–Crippen MR) is 79.4 cm³/mol. The number of nitrogen functional groups attached to an aromatic ring is 1. The predicted octanol–water partition coefficient (Wildman–Crippen LogP) is -0.514. The fourth-order valence-corrected chi connectivity index (χ4v) is 3.67. The summed E-state index contributed by atoms with van der Waals surface area (Å²) in [7, 11) is -3.92. The SMILES string of the molecule is CCCNC(=O)CNS(=O)(=O)c1c(NN)nc2sccn12. The van der Waals surface area contributed by atoms with Crippen LogP contribution in [0.4, 0.5) is 5.82 Å². The van der Waals surface area contributed by atoms with E-state index in [-0.39, 0.29) is 17.4 Å². The van der Waals surface area contributed by atoms with Gasteiger partial charge in [-0.1, -0.05) is 6.92 Å². The topological polar surface area (TPSA) is 131 Å². The number of imidazole rings is 1. The number of hydrazine groups is 1. The van der Waals surface area contributed by atoms with Gasteiger partial charge < -0.3 is 10.7 Å². The average Bonchev–Trinajstić information content (AvgIpc) is 3.02. The van der Waals surface area contributed by atoms with E-state index >= 15 is 0 Å². The van der Waals surface area contributed by atoms with E-state index in [1.54, 1.807) is 11.6 Å². The van der Waals surface area contributed by atoms with E-state index in [2.05, 4.69) is 20.4 Å². The maximum Gasteiger partial charge on any atom is 0.260 e. The molecule has 0 bridgehead atoms. The zero-order valence-electron chi connectivity index (χ0n) is 11.3. The Bertz CT molecular complexity index is 735. The number of nitrogens with two attached hydrogens (primary N) is 1. The quantitative estimate of drug-likeness (QED) is 0.399. The molecule has 0 atom stereocenters. The highest BCUT2D eigenvalue weighted by Crippen LogP contribution is 2.24. The van der Waals surface area contributed by atoms with Crippen LogP contribution in [0.25, 0.3) is 4.96 Å². The summed E-state index contributed by atoms with van der Waals surface area (Å²) in [5.41, 5.74) is 2.25. The van der Waals surface area contributed by atoms with Gasteiger partial charge in [0.15, 0.2) is 10.8 Å². The summed E-state index contributed by atoms with van der Waals surface area (Å²) in [6.07, 6.45) is 2.34. The summed E-state index contributed by atoms with van der Waals surface area (Å²) < 4.78 is 28.3. The molecule has 0 saturated heterocycles. The molecule has 0 aliphatic carbocycles. The van der Waals surface area contributed by atoms with Gasteiger partial charge in [0.05, 0.1) is 6.54 Å². The van der Waals surface area contributed by atoms with Gasteiger partial charge in [0, 0.05) is 18.1 Å². The number of anilines is 1. The van der Waals surface area contributed by atoms with Crippen LogP contribution >= 0.6 is 11.3 Å². The molecule has 2 aromatic rings. The minimum Gasteiger partial charge on any atom is -0.355 e. The van der Waals surface area contributed by atoms with Gasteiger partial charge in [-0.15, -0.1) is 11.3 Å². The number of sulfonamides is 1. The number of thiazole rings is 1. The summed E-state index contributed by atoms with van der Waals surface area (Å²) in [5, 5.41) is 4.17. The van der Waals surface area contributed by atoms with Crippen LogP contribution in [0.5, 0.6) is 0 Å². The third kappa shape index (κ3) is 3.32. The number of aromatic nitrogens is 2. The van der Waals surface area contributed by atoms with Gasteiger partial charge in [-0.25, -0.2) is 19.0 Å². The lowest BCUT2D eigenvalue weighted by molar-refractivity contribution is -0.119. The second-order valence-corrected chi connectivity index (χ2v) is 6.70. The molecular weight excluding hydrogens is 316 g/mol. The first kappa shape index (κ1) is 15.7. The lowest BCUT2D eigenvalue weighted by atomic mass is 10.5. The Hall–Kier alpha value is -1.69. The fraction of sp³-hybridized carbons (Fsp3) is 0.400. The summed E-state index contributed by atoms with van der Waals surface area (Å²) in [6, 6.07) is 0. The minimum absolute atomic E-state index is 0.0308. The molecule has 0 saturated carbocycles. The van der Waals surface area contributed by atoms with E-state index < -0.39 is 15.9 Å². The summed E-state index contributed by atoms with van der Waals surface area (Å²) in [4.78, 5) is 16.0. The monoisotopic (exact) mass is 332 g/mol. The molecule has 0 unspecified atom stereocenters. The van der Waals surface area contributed by atoms with Crippen LogP contribution in [0, 0.1) is 0 Å². The molecule has 9 nitrogen and oxygen atoms in total. The Morgan fingerprint density at radius 3 is 2.95 bits per heavy atom. The van der Waals surface area contributed by atoms with Crippen molar-refractivity contribution in [2.75, 3.05) is 18.5 Å². The highest BCUT2D eigenvalue weighted by atomic mass is 32.2. The van der Waals surface area contributed by atoms with Crippen molar-refractivity contribution in [3.8, 4) is 0 Å². The van der Waals surface area contributed by atoms with E-state index in [0.717, 1.165) is 6.42 Å². The highest BCUT2D eigenvalue weighted by Gasteiger charge is 2.26. The lowest BCUT2D eigenvalue weighted by Gasteiger charge is -2.08. The van der Waals surface area contributed by atoms with Gasteiger partial charge in [0.25, 0.3) is 10.0 Å². The number of carbonyl (C=O) groups is 1. The van der Waals surface area contributed by atoms with Crippen molar-refractivity contribution in [1.82, 2.24) is 19.4 Å². The highest BCUT2D eigenvalue weighted by molar-refractivity contribution is 7.89. The minimum atomic E-state index is -3.92. The second-order valence-electron chi connectivity index (χ2n) is 4.14. The molecular formula is C10H16N6O3S2. The number of rotatable bonds is 7. The van der Waals surface area contributed by atoms with Crippen molar-refractivity contribution >= 4 is 38.0 Å². The number of hydrogen-bond donors (Lipinski definition) is 4. The van der Waals surface area contributed by atoms with Gasteiger partial charge in [0.2, 0.25) is 10.9 Å². The van der Waals surface area contributed by atoms with E-state index in [1.165, 1.54) is 15.7 Å². The molecule has 11 heteroatoms. The summed E-state index contributed by atoms with van der Waals surface area (Å²) in [6.45, 7) is 2.06. The first-order valence-corrected chi connectivity index (χ1v) is 8.54. The van der Waals surface area contributed by atoms with Crippen molar-refractivity contribution in [2.24, 2.45) is 5.84 Å². The van der Waals surface area contributed by atoms with Crippen molar-refractivity contribution in [2.45, 2.75) is 18.4 Å². The van der Waals surface area contributed by atoms with Crippen LogP contribution in [0.15, 0.2) is 16.6 Å². The zero-order chi connectivity index (χ0) is 15.5. The second kappa shape index (κ2) is 6.39. The maximum atomic E-state index is 12.3. The molecule has 0 fully saturated rings. The zero-order valence-corrected chi connectivity index (χ0v) is 12.9. The molecule has 1 amide bonds. The number of carbonyl (C=O) groups excluding carboxylic acids is 1. The number of fused-ring (bicyclic) bond motifs is 1. The van der Waals surface area contributed by atoms with E-state index in [1.807, 2.05) is 6.92 Å². The van der Waals surface area contributed by atoms with Gasteiger partial charge in [-0.2, -0.15) is 4.98 Å². The molecule has 2 aromatic heterocycles. The van der Waals surface area contributed by atoms with Gasteiger partial charge >= 0.3 is 0 Å². The first-order chi connectivity index (χ1) is 9.99. The molecule has 0 aliphatic heterocycles. The third-order valence-corrected chi connectivity index (χ3v) is 4.78. The lowest BCUT2D eigenvalue weighted by Crippen LogP contribution is -2.37. The van der Waals surface area contributed by atoms with Crippen molar-refractivity contribution < 1.29 is 13.2 Å². The van der Waals surface area contributed by atoms with Crippen LogP contribution in [0.2, 0.25) is 0 Å². The number of hydrogen-bond acceptors (Lipinski definition) is 7. The van der Waals surface area contributed by atoms with Gasteiger partial charge in [0.1, 0.15) is 0 Å². The van der Waals surface area contributed by atoms with Crippen LogP contribution in [-0.2, 0) is 14.8 Å². The number of amides is 1. The largest absolute Gasteiger partial charge is 0.355 e. The molecule has 21 heavy (non-hydrogen) atoms. The average molecular weight is 332 g/mol. The Labute approximate surface area is 125 Å². The molecule has 0 aromatic carbocycles. The van der Waals surface area contributed by atoms with E-state index in [4.69, 9.17) is 5.84 Å². The van der Waals surface area contributed by atoms with E-state index in [0.29, 0.717) is 11.5 Å². The van der Waals surface area contributed by atoms with Crippen molar-refractivity contribution in [3.05, 3.63) is 11.6 Å². The standard InChI is InChI=1S/C10H16N6O3S2/c1-2-3-12-7(17)6-13-21(18,19)9-8(15-11)14-10-16(9)4-5-20-10/h4-5,13,15H,2-3,6,11H2,1H3,(H,12,17). The fourth-order valence-electron chi connectivity index (χ4n) is 1.67. The van der Waals surface area contributed by atoms with Crippen LogP contribution in [-0.4, -0.2) is 36.8 Å². The third-order valence-electron chi connectivity index (χ3n) is 2.60. The van der Waals surface area contributed by atoms with Crippen LogP contribution < -0.4 is 21.3 Å². The number of nitrogens with zero attached hydrogens (tertiary/aromatic N) is 2. The molecule has 5 N–H and O–H groups in total. The summed E-state index contributed by atoms with van der Waals surface area (Å²) in [5.74, 6) is 4.94. The van der Waals surface area contributed by atoms with Crippen LogP contribution in [0.1, 0.15) is 13.3 Å². The first-order valence-electron chi connectivity index (χ1n) is 6.18. The normalized spacial score (nSPS) is 11.7. The van der Waals surface area contributed by atoms with Crippen molar-refractivity contribution in [1.29, 1.82) is 0 Å². The Morgan fingerprint density at radius 1 is 1.52 bits per heavy atom. The smallest absolute Gasteiger partial charge is 0.260 e. The summed E-state index contributed by atoms with van der Waals surface area (Å²) >= 11 is 1.27. The van der Waals surface area contributed by atoms with Gasteiger partial charge in [-0.3, -0.25) is 9.20 Å². The molecule has 0 spiro atoms. The Balaban J connectivity index is 2.21. The molecule has 116 valence electrons. The molecule has 2 rings (SSSR count).